The Morgan fingerprint density at radius 2 is 2.27 bits per heavy atom. The number of aliphatic hydroxyl groups excluding tert-OH is 1. The van der Waals surface area contributed by atoms with Gasteiger partial charge in [0.05, 0.1) is 13.2 Å². The van der Waals surface area contributed by atoms with Crippen LogP contribution in [0, 0.1) is 5.82 Å². The van der Waals surface area contributed by atoms with Crippen LogP contribution in [0.25, 0.3) is 0 Å². The van der Waals surface area contributed by atoms with Crippen molar-refractivity contribution in [3.8, 4) is 5.75 Å². The van der Waals surface area contributed by atoms with Crippen molar-refractivity contribution in [2.75, 3.05) is 18.6 Å². The summed E-state index contributed by atoms with van der Waals surface area (Å²) in [5.74, 6) is 1.47. The molecule has 0 fully saturated rings. The minimum atomic E-state index is -0.749. The van der Waals surface area contributed by atoms with Crippen LogP contribution in [0.15, 0.2) is 18.2 Å². The van der Waals surface area contributed by atoms with E-state index in [1.54, 1.807) is 23.9 Å². The van der Waals surface area contributed by atoms with Crippen LogP contribution in [0.1, 0.15) is 18.6 Å². The molecule has 1 aromatic rings. The zero-order valence-corrected chi connectivity index (χ0v) is 9.68. The van der Waals surface area contributed by atoms with Crippen molar-refractivity contribution in [2.45, 2.75) is 13.0 Å². The van der Waals surface area contributed by atoms with Gasteiger partial charge in [0.1, 0.15) is 11.6 Å². The first-order valence-corrected chi connectivity index (χ1v) is 5.93. The van der Waals surface area contributed by atoms with Crippen LogP contribution in [0.5, 0.6) is 5.75 Å². The molecule has 1 unspecified atom stereocenters. The fraction of sp³-hybridized carbons (Fsp3) is 0.455. The smallest absolute Gasteiger partial charge is 0.132 e. The molecule has 1 atom stereocenters. The Morgan fingerprint density at radius 1 is 1.53 bits per heavy atom. The Kier molecular flexibility index (Phi) is 4.91. The van der Waals surface area contributed by atoms with Gasteiger partial charge in [0.2, 0.25) is 0 Å². The lowest BCUT2D eigenvalue weighted by Crippen LogP contribution is -2.04. The number of hydrogen-bond acceptors (Lipinski definition) is 3. The van der Waals surface area contributed by atoms with E-state index in [2.05, 4.69) is 0 Å². The second-order valence-electron chi connectivity index (χ2n) is 3.06. The highest BCUT2D eigenvalue weighted by atomic mass is 32.2. The molecule has 0 saturated carbocycles. The zero-order valence-electron chi connectivity index (χ0n) is 8.87. The highest BCUT2D eigenvalue weighted by molar-refractivity contribution is 7.99. The van der Waals surface area contributed by atoms with Crippen LogP contribution in [-0.2, 0) is 0 Å². The van der Waals surface area contributed by atoms with E-state index in [4.69, 9.17) is 4.74 Å². The molecule has 84 valence electrons. The maximum atomic E-state index is 13.5. The largest absolute Gasteiger partial charge is 0.497 e. The van der Waals surface area contributed by atoms with E-state index >= 15 is 0 Å². The number of rotatable bonds is 5. The summed E-state index contributed by atoms with van der Waals surface area (Å²) in [5.41, 5.74) is 0.330. The molecule has 1 N–H and O–H groups in total. The van der Waals surface area contributed by atoms with Crippen LogP contribution in [-0.4, -0.2) is 23.7 Å². The topological polar surface area (TPSA) is 29.5 Å². The molecule has 4 heteroatoms. The van der Waals surface area contributed by atoms with Crippen molar-refractivity contribution < 1.29 is 14.2 Å². The first-order valence-electron chi connectivity index (χ1n) is 4.78. The molecule has 0 aliphatic rings. The Labute approximate surface area is 93.5 Å². The lowest BCUT2D eigenvalue weighted by atomic mass is 10.1. The average molecular weight is 230 g/mol. The quantitative estimate of drug-likeness (QED) is 0.843. The van der Waals surface area contributed by atoms with Gasteiger partial charge in [0, 0.05) is 17.4 Å². The van der Waals surface area contributed by atoms with Crippen molar-refractivity contribution in [1.82, 2.24) is 0 Å². The molecular formula is C11H15FO2S. The molecule has 0 aliphatic carbocycles. The number of benzene rings is 1. The molecular weight excluding hydrogens is 215 g/mol. The van der Waals surface area contributed by atoms with E-state index in [1.165, 1.54) is 13.2 Å². The van der Waals surface area contributed by atoms with E-state index in [0.29, 0.717) is 17.1 Å². The molecule has 0 aliphatic heterocycles. The zero-order chi connectivity index (χ0) is 11.3. The summed E-state index contributed by atoms with van der Waals surface area (Å²) < 4.78 is 18.3. The van der Waals surface area contributed by atoms with Crippen molar-refractivity contribution in [2.24, 2.45) is 0 Å². The molecule has 0 heterocycles. The fourth-order valence-corrected chi connectivity index (χ4v) is 1.86. The minimum Gasteiger partial charge on any atom is -0.497 e. The number of thioether (sulfide) groups is 1. The minimum absolute atomic E-state index is 0.330. The Hall–Kier alpha value is -0.740. The van der Waals surface area contributed by atoms with E-state index in [1.807, 2.05) is 6.92 Å². The SMILES string of the molecule is CCSCC(O)c1ccc(OC)cc1F. The van der Waals surface area contributed by atoms with Gasteiger partial charge in [0.25, 0.3) is 0 Å². The van der Waals surface area contributed by atoms with E-state index in [9.17, 15) is 9.50 Å². The van der Waals surface area contributed by atoms with Gasteiger partial charge in [-0.3, -0.25) is 0 Å². The first kappa shape index (κ1) is 12.3. The van der Waals surface area contributed by atoms with Crippen LogP contribution in [0.2, 0.25) is 0 Å². The van der Waals surface area contributed by atoms with E-state index < -0.39 is 11.9 Å². The van der Waals surface area contributed by atoms with Crippen LogP contribution in [0.4, 0.5) is 4.39 Å². The van der Waals surface area contributed by atoms with Gasteiger partial charge in [-0.25, -0.2) is 4.39 Å². The van der Waals surface area contributed by atoms with Gasteiger partial charge in [-0.2, -0.15) is 11.8 Å². The number of aliphatic hydroxyl groups is 1. The third kappa shape index (κ3) is 3.39. The highest BCUT2D eigenvalue weighted by Gasteiger charge is 2.12. The summed E-state index contributed by atoms with van der Waals surface area (Å²) in [4.78, 5) is 0. The van der Waals surface area contributed by atoms with Gasteiger partial charge < -0.3 is 9.84 Å². The van der Waals surface area contributed by atoms with Crippen LogP contribution >= 0.6 is 11.8 Å². The molecule has 0 aromatic heterocycles. The van der Waals surface area contributed by atoms with E-state index in [-0.39, 0.29) is 0 Å². The van der Waals surface area contributed by atoms with Crippen molar-refractivity contribution in [1.29, 1.82) is 0 Å². The normalized spacial score (nSPS) is 12.5. The van der Waals surface area contributed by atoms with E-state index in [0.717, 1.165) is 5.75 Å². The third-order valence-corrected chi connectivity index (χ3v) is 3.01. The fourth-order valence-electron chi connectivity index (χ4n) is 1.22. The molecule has 1 aromatic carbocycles. The second kappa shape index (κ2) is 5.98. The standard InChI is InChI=1S/C11H15FO2S/c1-3-15-7-11(13)9-5-4-8(14-2)6-10(9)12/h4-6,11,13H,3,7H2,1-2H3. The number of methoxy groups -OCH3 is 1. The predicted molar refractivity (Wildman–Crippen MR) is 60.9 cm³/mol. The lowest BCUT2D eigenvalue weighted by Gasteiger charge is -2.11. The Balaban J connectivity index is 2.76. The van der Waals surface area contributed by atoms with Crippen molar-refractivity contribution >= 4 is 11.8 Å². The van der Waals surface area contributed by atoms with Gasteiger partial charge in [-0.1, -0.05) is 6.92 Å². The highest BCUT2D eigenvalue weighted by Crippen LogP contribution is 2.24. The summed E-state index contributed by atoms with van der Waals surface area (Å²) in [6.45, 7) is 2.00. The second-order valence-corrected chi connectivity index (χ2v) is 4.38. The van der Waals surface area contributed by atoms with Gasteiger partial charge >= 0.3 is 0 Å². The third-order valence-electron chi connectivity index (χ3n) is 2.05. The molecule has 1 rings (SSSR count). The molecule has 15 heavy (non-hydrogen) atoms. The number of ether oxygens (including phenoxy) is 1. The predicted octanol–water partition coefficient (Wildman–Crippen LogP) is 2.62. The summed E-state index contributed by atoms with van der Waals surface area (Å²) >= 11 is 1.58. The van der Waals surface area contributed by atoms with Crippen LogP contribution in [0.3, 0.4) is 0 Å². The maximum absolute atomic E-state index is 13.5. The van der Waals surface area contributed by atoms with Gasteiger partial charge in [0.15, 0.2) is 0 Å². The Bertz CT molecular complexity index is 317. The molecule has 0 amide bonds. The lowest BCUT2D eigenvalue weighted by molar-refractivity contribution is 0.198. The number of hydrogen-bond donors (Lipinski definition) is 1. The van der Waals surface area contributed by atoms with Crippen molar-refractivity contribution in [3.63, 3.8) is 0 Å². The Morgan fingerprint density at radius 3 is 2.80 bits per heavy atom. The molecule has 0 radical (unpaired) electrons. The summed E-state index contributed by atoms with van der Waals surface area (Å²) in [6.07, 6.45) is -0.749. The monoisotopic (exact) mass is 230 g/mol. The average Bonchev–Trinajstić information content (AvgIpc) is 2.25. The molecule has 0 bridgehead atoms. The summed E-state index contributed by atoms with van der Waals surface area (Å²) in [5, 5.41) is 9.69. The van der Waals surface area contributed by atoms with Gasteiger partial charge in [-0.15, -0.1) is 0 Å². The van der Waals surface area contributed by atoms with Crippen molar-refractivity contribution in [3.05, 3.63) is 29.6 Å². The summed E-state index contributed by atoms with van der Waals surface area (Å²) in [7, 11) is 1.48. The summed E-state index contributed by atoms with van der Waals surface area (Å²) in [6, 6.07) is 4.50. The number of halogens is 1. The van der Waals surface area contributed by atoms with Gasteiger partial charge in [-0.05, 0) is 17.9 Å². The first-order chi connectivity index (χ1) is 7.19. The molecule has 2 nitrogen and oxygen atoms in total. The molecule has 0 saturated heterocycles. The van der Waals surface area contributed by atoms with Crippen LogP contribution < -0.4 is 4.74 Å². The maximum Gasteiger partial charge on any atom is 0.132 e. The molecule has 0 spiro atoms.